The summed E-state index contributed by atoms with van der Waals surface area (Å²) in [4.78, 5) is 4.66. The molecule has 3 nitrogen and oxygen atoms in total. The van der Waals surface area contributed by atoms with Crippen LogP contribution in [-0.4, -0.2) is 14.6 Å². The molecule has 0 saturated heterocycles. The molecule has 3 heterocycles. The van der Waals surface area contributed by atoms with E-state index in [9.17, 15) is 0 Å². The van der Waals surface area contributed by atoms with Crippen molar-refractivity contribution in [3.8, 4) is 11.1 Å². The van der Waals surface area contributed by atoms with E-state index >= 15 is 0 Å². The Morgan fingerprint density at radius 3 is 2.22 bits per heavy atom. The van der Waals surface area contributed by atoms with Gasteiger partial charge in [-0.25, -0.2) is 4.52 Å². The van der Waals surface area contributed by atoms with Gasteiger partial charge < -0.3 is 0 Å². The third kappa shape index (κ3) is 7.52. The van der Waals surface area contributed by atoms with Crippen molar-refractivity contribution in [2.24, 2.45) is 0 Å². The third-order valence-corrected chi connectivity index (χ3v) is 6.06. The van der Waals surface area contributed by atoms with Crippen LogP contribution in [0.3, 0.4) is 0 Å². The van der Waals surface area contributed by atoms with Crippen molar-refractivity contribution in [3.63, 3.8) is 0 Å². The quantitative estimate of drug-likeness (QED) is 0.234. The molecule has 36 heavy (non-hydrogen) atoms. The van der Waals surface area contributed by atoms with E-state index in [0.29, 0.717) is 0 Å². The first-order chi connectivity index (χ1) is 17.6. The van der Waals surface area contributed by atoms with Gasteiger partial charge in [-0.15, -0.1) is 0 Å². The number of unbranched alkanes of at least 4 members (excludes halogenated alkanes) is 4. The van der Waals surface area contributed by atoms with E-state index in [2.05, 4.69) is 92.9 Å². The zero-order valence-corrected chi connectivity index (χ0v) is 23.1. The van der Waals surface area contributed by atoms with Crippen LogP contribution < -0.4 is 0 Å². The number of pyridine rings is 2. The standard InChI is InChI=1S/C24H21N3.C7H16.C2H6/c1-4-18-16-26-27-12-11-20(14-24(18)27)22(5-2)23-13-21(15-25-17(23)3)19-9-7-6-8-10-19;1-3-5-7-6-4-2;1-2/h4-16H,1H2,2-3H3;3-7H2,1-2H3;1-2H3/b22-5-;;. The van der Waals surface area contributed by atoms with Gasteiger partial charge in [0.15, 0.2) is 0 Å². The van der Waals surface area contributed by atoms with Gasteiger partial charge in [-0.05, 0) is 48.7 Å². The molecule has 0 saturated carbocycles. The molecule has 0 bridgehead atoms. The molecule has 0 aliphatic rings. The Balaban J connectivity index is 0.000000440. The second kappa shape index (κ2) is 15.5. The van der Waals surface area contributed by atoms with Crippen LogP contribution >= 0.6 is 0 Å². The fourth-order valence-corrected chi connectivity index (χ4v) is 4.07. The zero-order chi connectivity index (χ0) is 26.3. The molecule has 0 amide bonds. The normalized spacial score (nSPS) is 10.8. The Kier molecular flexibility index (Phi) is 12.4. The lowest BCUT2D eigenvalue weighted by Gasteiger charge is -2.13. The summed E-state index contributed by atoms with van der Waals surface area (Å²) in [5.74, 6) is 0. The summed E-state index contributed by atoms with van der Waals surface area (Å²) >= 11 is 0. The number of aromatic nitrogens is 3. The van der Waals surface area contributed by atoms with Gasteiger partial charge in [-0.3, -0.25) is 4.98 Å². The van der Waals surface area contributed by atoms with Crippen LogP contribution in [0.15, 0.2) is 79.8 Å². The van der Waals surface area contributed by atoms with Crippen LogP contribution in [-0.2, 0) is 0 Å². The van der Waals surface area contributed by atoms with Crippen LogP contribution in [0.25, 0.3) is 28.3 Å². The van der Waals surface area contributed by atoms with Crippen LogP contribution in [0.1, 0.15) is 89.1 Å². The largest absolute Gasteiger partial charge is 0.260 e. The number of hydrogen-bond donors (Lipinski definition) is 0. The molecule has 0 aliphatic heterocycles. The Morgan fingerprint density at radius 1 is 0.917 bits per heavy atom. The predicted octanol–water partition coefficient (Wildman–Crippen LogP) is 9.80. The number of aryl methyl sites for hydroxylation is 1. The average molecular weight is 482 g/mol. The molecule has 3 heteroatoms. The smallest absolute Gasteiger partial charge is 0.0739 e. The average Bonchev–Trinajstić information content (AvgIpc) is 3.35. The minimum atomic E-state index is 1.01. The minimum Gasteiger partial charge on any atom is -0.260 e. The molecule has 0 radical (unpaired) electrons. The summed E-state index contributed by atoms with van der Waals surface area (Å²) in [6.07, 6.45) is 16.8. The Bertz CT molecular complexity index is 1230. The minimum absolute atomic E-state index is 1.01. The second-order valence-corrected chi connectivity index (χ2v) is 8.54. The summed E-state index contributed by atoms with van der Waals surface area (Å²) in [7, 11) is 0. The first-order valence-corrected chi connectivity index (χ1v) is 13.4. The second-order valence-electron chi connectivity index (χ2n) is 8.54. The van der Waals surface area contributed by atoms with Gasteiger partial charge in [0.05, 0.1) is 11.7 Å². The molecule has 0 fully saturated rings. The van der Waals surface area contributed by atoms with Crippen molar-refractivity contribution >= 4 is 17.2 Å². The van der Waals surface area contributed by atoms with Gasteiger partial charge in [-0.2, -0.15) is 5.10 Å². The third-order valence-electron chi connectivity index (χ3n) is 6.06. The molecule has 0 atom stereocenters. The van der Waals surface area contributed by atoms with Crippen molar-refractivity contribution in [2.45, 2.75) is 73.6 Å². The van der Waals surface area contributed by atoms with Crippen LogP contribution in [0.2, 0.25) is 0 Å². The first-order valence-electron chi connectivity index (χ1n) is 13.4. The highest BCUT2D eigenvalue weighted by molar-refractivity contribution is 5.85. The monoisotopic (exact) mass is 481 g/mol. The molecule has 4 rings (SSSR count). The fraction of sp³-hybridized carbons (Fsp3) is 0.333. The maximum atomic E-state index is 4.66. The topological polar surface area (TPSA) is 30.2 Å². The molecule has 0 N–H and O–H groups in total. The first kappa shape index (κ1) is 28.8. The molecular weight excluding hydrogens is 438 g/mol. The highest BCUT2D eigenvalue weighted by Crippen LogP contribution is 2.30. The van der Waals surface area contributed by atoms with E-state index in [4.69, 9.17) is 0 Å². The van der Waals surface area contributed by atoms with Gasteiger partial charge in [-0.1, -0.05) is 109 Å². The molecule has 4 aromatic rings. The maximum absolute atomic E-state index is 4.66. The van der Waals surface area contributed by atoms with Gasteiger partial charge in [0, 0.05) is 34.8 Å². The summed E-state index contributed by atoms with van der Waals surface area (Å²) in [5.41, 5.74) is 8.82. The van der Waals surface area contributed by atoms with Crippen molar-refractivity contribution in [1.29, 1.82) is 0 Å². The zero-order valence-electron chi connectivity index (χ0n) is 23.1. The summed E-state index contributed by atoms with van der Waals surface area (Å²) < 4.78 is 1.87. The van der Waals surface area contributed by atoms with Gasteiger partial charge >= 0.3 is 0 Å². The fourth-order valence-electron chi connectivity index (χ4n) is 4.07. The van der Waals surface area contributed by atoms with Crippen LogP contribution in [0.4, 0.5) is 0 Å². The van der Waals surface area contributed by atoms with Crippen molar-refractivity contribution in [2.75, 3.05) is 0 Å². The molecule has 0 spiro atoms. The highest BCUT2D eigenvalue weighted by atomic mass is 15.2. The Labute approximate surface area is 218 Å². The number of hydrogen-bond acceptors (Lipinski definition) is 2. The van der Waals surface area contributed by atoms with E-state index in [0.717, 1.165) is 39.0 Å². The summed E-state index contributed by atoms with van der Waals surface area (Å²) in [6.45, 7) is 16.5. The number of rotatable bonds is 8. The lowest BCUT2D eigenvalue weighted by molar-refractivity contribution is 0.656. The Hall–Kier alpha value is -3.46. The highest BCUT2D eigenvalue weighted by Gasteiger charge is 2.12. The van der Waals surface area contributed by atoms with E-state index in [1.165, 1.54) is 37.7 Å². The van der Waals surface area contributed by atoms with Crippen molar-refractivity contribution in [3.05, 3.63) is 102 Å². The lowest BCUT2D eigenvalue weighted by atomic mass is 9.94. The van der Waals surface area contributed by atoms with Crippen LogP contribution in [0.5, 0.6) is 0 Å². The van der Waals surface area contributed by atoms with Crippen molar-refractivity contribution < 1.29 is 0 Å². The maximum Gasteiger partial charge on any atom is 0.0739 e. The SMILES string of the molecule is C=Cc1cnn2ccc(/C(=C/C)c3cc(-c4ccccc4)cnc3C)cc12.CC.CCCCCCC. The lowest BCUT2D eigenvalue weighted by Crippen LogP contribution is -1.97. The molecule has 190 valence electrons. The van der Waals surface area contributed by atoms with Gasteiger partial charge in [0.2, 0.25) is 0 Å². The van der Waals surface area contributed by atoms with Gasteiger partial charge in [0.1, 0.15) is 0 Å². The summed E-state index contributed by atoms with van der Waals surface area (Å²) in [6, 6.07) is 16.8. The molecule has 0 aliphatic carbocycles. The van der Waals surface area contributed by atoms with Gasteiger partial charge in [0.25, 0.3) is 0 Å². The number of benzene rings is 1. The van der Waals surface area contributed by atoms with E-state index in [1.54, 1.807) is 0 Å². The Morgan fingerprint density at radius 2 is 1.61 bits per heavy atom. The van der Waals surface area contributed by atoms with E-state index in [1.807, 2.05) is 49.1 Å². The molecule has 3 aromatic heterocycles. The van der Waals surface area contributed by atoms with Crippen LogP contribution in [0, 0.1) is 6.92 Å². The van der Waals surface area contributed by atoms with Crippen molar-refractivity contribution in [1.82, 2.24) is 14.6 Å². The van der Waals surface area contributed by atoms with E-state index < -0.39 is 0 Å². The number of nitrogens with zero attached hydrogens (tertiary/aromatic N) is 3. The van der Waals surface area contributed by atoms with E-state index in [-0.39, 0.29) is 0 Å². The number of allylic oxidation sites excluding steroid dienone is 1. The summed E-state index contributed by atoms with van der Waals surface area (Å²) in [5, 5.41) is 4.37. The predicted molar refractivity (Wildman–Crippen MR) is 158 cm³/mol. The molecular formula is C33H43N3. The molecule has 0 unspecified atom stereocenters. The number of fused-ring (bicyclic) bond motifs is 1. The molecule has 1 aromatic carbocycles.